The van der Waals surface area contributed by atoms with Crippen LogP contribution < -0.4 is 24.6 Å². The Balaban J connectivity index is 2.07. The van der Waals surface area contributed by atoms with Gasteiger partial charge >= 0.3 is 17.2 Å². The molecule has 0 bridgehead atoms. The fraction of sp³-hybridized carbons (Fsp3) is 0.292. The monoisotopic (exact) mass is 481 g/mol. The predicted octanol–water partition coefficient (Wildman–Crippen LogP) is 3.07. The number of rotatable bonds is 6. The highest BCUT2D eigenvalue weighted by molar-refractivity contribution is 7.99. The number of aromatic nitrogens is 3. The van der Waals surface area contributed by atoms with Gasteiger partial charge in [-0.05, 0) is 35.4 Å². The number of para-hydroxylation sites is 2. The van der Waals surface area contributed by atoms with E-state index in [1.165, 1.54) is 37.4 Å². The molecular weight excluding hydrogens is 456 g/mol. The topological polar surface area (TPSA) is 105 Å². The summed E-state index contributed by atoms with van der Waals surface area (Å²) in [5.41, 5.74) is 1.56. The maximum absolute atomic E-state index is 13.3. The smallest absolute Gasteiger partial charge is 0.325 e. The van der Waals surface area contributed by atoms with Crippen molar-refractivity contribution >= 4 is 29.3 Å². The lowest BCUT2D eigenvalue weighted by Crippen LogP contribution is -2.60. The summed E-state index contributed by atoms with van der Waals surface area (Å²) in [6.45, 7) is 4.77. The SMILES string of the molecule is CCCSc1n[n+]2c(c(=O)[nH]1)-c1ccccc1N(C(C)=O)C2c1cccc(OC)c1OC(C)=O. The summed E-state index contributed by atoms with van der Waals surface area (Å²) in [7, 11) is 1.47. The number of hydrogen-bond acceptors (Lipinski definition) is 7. The molecular formula is C24H25N4O5S+. The van der Waals surface area contributed by atoms with E-state index < -0.39 is 12.1 Å². The van der Waals surface area contributed by atoms with Gasteiger partial charge in [0.05, 0.1) is 23.9 Å². The van der Waals surface area contributed by atoms with Crippen LogP contribution in [0.5, 0.6) is 11.5 Å². The first-order valence-electron chi connectivity index (χ1n) is 10.8. The third-order valence-electron chi connectivity index (χ3n) is 5.29. The van der Waals surface area contributed by atoms with E-state index in [0.717, 1.165) is 12.2 Å². The number of aromatic amines is 1. The number of H-pyrrole nitrogens is 1. The van der Waals surface area contributed by atoms with Gasteiger partial charge in [0.25, 0.3) is 6.17 Å². The minimum Gasteiger partial charge on any atom is -0.493 e. The second kappa shape index (κ2) is 9.68. The van der Waals surface area contributed by atoms with Crippen LogP contribution in [0.15, 0.2) is 52.4 Å². The normalized spacial score (nSPS) is 14.2. The molecule has 0 saturated carbocycles. The second-order valence-electron chi connectivity index (χ2n) is 7.65. The number of anilines is 1. The Kier molecular flexibility index (Phi) is 6.69. The maximum Gasteiger partial charge on any atom is 0.325 e. The van der Waals surface area contributed by atoms with Gasteiger partial charge in [0.2, 0.25) is 11.1 Å². The van der Waals surface area contributed by atoms with Crippen LogP contribution >= 0.6 is 11.8 Å². The van der Waals surface area contributed by atoms with Gasteiger partial charge in [0.15, 0.2) is 11.5 Å². The second-order valence-corrected chi connectivity index (χ2v) is 8.74. The molecule has 1 aromatic heterocycles. The molecule has 9 nitrogen and oxygen atoms in total. The molecule has 0 saturated heterocycles. The van der Waals surface area contributed by atoms with Crippen LogP contribution in [0.4, 0.5) is 5.69 Å². The van der Waals surface area contributed by atoms with Gasteiger partial charge in [-0.15, -0.1) is 0 Å². The minimum atomic E-state index is -0.893. The van der Waals surface area contributed by atoms with Gasteiger partial charge in [-0.25, -0.2) is 4.90 Å². The van der Waals surface area contributed by atoms with E-state index in [-0.39, 0.29) is 17.2 Å². The zero-order valence-electron chi connectivity index (χ0n) is 19.3. The fourth-order valence-corrected chi connectivity index (χ4v) is 4.72. The summed E-state index contributed by atoms with van der Waals surface area (Å²) < 4.78 is 12.5. The van der Waals surface area contributed by atoms with Crippen molar-refractivity contribution in [1.82, 2.24) is 10.1 Å². The Morgan fingerprint density at radius 3 is 2.62 bits per heavy atom. The van der Waals surface area contributed by atoms with Crippen LogP contribution in [0, 0.1) is 0 Å². The number of methoxy groups -OCH3 is 1. The van der Waals surface area contributed by atoms with Crippen molar-refractivity contribution in [2.75, 3.05) is 17.8 Å². The van der Waals surface area contributed by atoms with Crippen LogP contribution in [-0.4, -0.2) is 34.8 Å². The average Bonchev–Trinajstić information content (AvgIpc) is 2.81. The lowest BCUT2D eigenvalue weighted by Gasteiger charge is -2.32. The van der Waals surface area contributed by atoms with Crippen LogP contribution in [0.25, 0.3) is 11.3 Å². The van der Waals surface area contributed by atoms with E-state index >= 15 is 0 Å². The highest BCUT2D eigenvalue weighted by atomic mass is 32.2. The summed E-state index contributed by atoms with van der Waals surface area (Å²) in [6.07, 6.45) is 0.00387. The summed E-state index contributed by atoms with van der Waals surface area (Å²) in [6, 6.07) is 12.3. The van der Waals surface area contributed by atoms with E-state index in [1.54, 1.807) is 47.4 Å². The quantitative estimate of drug-likeness (QED) is 0.250. The number of fused-ring (bicyclic) bond motifs is 3. The highest BCUT2D eigenvalue weighted by Crippen LogP contribution is 2.42. The number of benzene rings is 2. The number of esters is 1. The molecule has 1 N–H and O–H groups in total. The molecule has 34 heavy (non-hydrogen) atoms. The maximum atomic E-state index is 13.3. The molecule has 1 amide bonds. The molecule has 0 fully saturated rings. The van der Waals surface area contributed by atoms with Crippen LogP contribution in [0.3, 0.4) is 0 Å². The van der Waals surface area contributed by atoms with Crippen molar-refractivity contribution in [3.8, 4) is 22.8 Å². The number of carbonyl (C=O) groups is 2. The number of nitrogens with zero attached hydrogens (tertiary/aromatic N) is 3. The van der Waals surface area contributed by atoms with Crippen LogP contribution in [0.1, 0.15) is 38.9 Å². The van der Waals surface area contributed by atoms with Gasteiger partial charge in [0.1, 0.15) is 0 Å². The Morgan fingerprint density at radius 1 is 1.18 bits per heavy atom. The third-order valence-corrected chi connectivity index (χ3v) is 6.36. The van der Waals surface area contributed by atoms with E-state index in [2.05, 4.69) is 4.98 Å². The molecule has 0 spiro atoms. The van der Waals surface area contributed by atoms with Gasteiger partial charge in [-0.1, -0.05) is 36.9 Å². The first-order valence-corrected chi connectivity index (χ1v) is 11.8. The Morgan fingerprint density at radius 2 is 1.94 bits per heavy atom. The molecule has 0 radical (unpaired) electrons. The molecule has 2 heterocycles. The highest BCUT2D eigenvalue weighted by Gasteiger charge is 2.46. The number of thioether (sulfide) groups is 1. The standard InChI is InChI=1S/C24H24N4O5S/c1-5-13-34-24-25-22(31)20-16-9-6-7-11-18(16)27(14(2)29)23(28(20)26-24)17-10-8-12-19(32-4)21(17)33-15(3)30/h6-12,23H,5,13H2,1-4H3/p+1. The number of carbonyl (C=O) groups excluding carboxylic acids is 2. The predicted molar refractivity (Wildman–Crippen MR) is 127 cm³/mol. The first-order chi connectivity index (χ1) is 16.4. The summed E-state index contributed by atoms with van der Waals surface area (Å²) >= 11 is 1.42. The molecule has 1 aliphatic heterocycles. The van der Waals surface area contributed by atoms with Crippen molar-refractivity contribution in [2.45, 2.75) is 38.5 Å². The van der Waals surface area contributed by atoms with Crippen LogP contribution in [0.2, 0.25) is 0 Å². The molecule has 2 aromatic carbocycles. The molecule has 1 atom stereocenters. The van der Waals surface area contributed by atoms with E-state index in [4.69, 9.17) is 14.6 Å². The lowest BCUT2D eigenvalue weighted by molar-refractivity contribution is -0.763. The van der Waals surface area contributed by atoms with Crippen molar-refractivity contribution in [2.24, 2.45) is 0 Å². The molecule has 0 aliphatic carbocycles. The van der Waals surface area contributed by atoms with Crippen molar-refractivity contribution in [3.63, 3.8) is 0 Å². The largest absolute Gasteiger partial charge is 0.493 e. The fourth-order valence-electron chi connectivity index (χ4n) is 4.01. The number of nitrogens with one attached hydrogen (secondary N) is 1. The molecule has 1 aliphatic rings. The molecule has 1 unspecified atom stereocenters. The zero-order chi connectivity index (χ0) is 24.4. The van der Waals surface area contributed by atoms with Crippen molar-refractivity contribution in [3.05, 3.63) is 58.4 Å². The molecule has 3 aromatic rings. The van der Waals surface area contributed by atoms with E-state index in [9.17, 15) is 14.4 Å². The zero-order valence-corrected chi connectivity index (χ0v) is 20.1. The minimum absolute atomic E-state index is 0.163. The molecule has 4 rings (SSSR count). The molecule has 176 valence electrons. The summed E-state index contributed by atoms with van der Waals surface area (Å²) in [4.78, 5) is 42.7. The van der Waals surface area contributed by atoms with Crippen LogP contribution in [-0.2, 0) is 9.59 Å². The Hall–Kier alpha value is -3.66. The Labute approximate surface area is 200 Å². The Bertz CT molecular complexity index is 1320. The van der Waals surface area contributed by atoms with Gasteiger partial charge in [-0.2, -0.15) is 0 Å². The number of amides is 1. The van der Waals surface area contributed by atoms with E-state index in [1.807, 2.05) is 6.92 Å². The lowest BCUT2D eigenvalue weighted by atomic mass is 10.0. The van der Waals surface area contributed by atoms with Crippen molar-refractivity contribution < 1.29 is 23.7 Å². The summed E-state index contributed by atoms with van der Waals surface area (Å²) in [5.74, 6) is 0.438. The third kappa shape index (κ3) is 4.16. The average molecular weight is 482 g/mol. The number of hydrogen-bond donors (Lipinski definition) is 1. The summed E-state index contributed by atoms with van der Waals surface area (Å²) in [5, 5.41) is 5.16. The number of ether oxygens (including phenoxy) is 2. The van der Waals surface area contributed by atoms with Gasteiger partial charge < -0.3 is 9.47 Å². The van der Waals surface area contributed by atoms with Gasteiger partial charge in [0, 0.05) is 24.7 Å². The molecule has 10 heteroatoms. The van der Waals surface area contributed by atoms with E-state index in [0.29, 0.717) is 33.4 Å². The first kappa shape index (κ1) is 23.5. The van der Waals surface area contributed by atoms with Gasteiger partial charge in [-0.3, -0.25) is 19.4 Å². The van der Waals surface area contributed by atoms with Crippen molar-refractivity contribution in [1.29, 1.82) is 0 Å².